The molecule has 0 N–H and O–H groups in total. The Labute approximate surface area is 175 Å². The fraction of sp³-hybridized carbons (Fsp3) is 0.667. The molecule has 1 aromatic rings. The van der Waals surface area contributed by atoms with Crippen LogP contribution in [-0.4, -0.2) is 99.3 Å². The molecule has 0 unspecified atom stereocenters. The molecule has 1 amide bonds. The first-order chi connectivity index (χ1) is 13.6. The first kappa shape index (κ1) is 22.2. The van der Waals surface area contributed by atoms with Crippen molar-refractivity contribution in [1.82, 2.24) is 19.0 Å². The van der Waals surface area contributed by atoms with Crippen LogP contribution in [0, 0.1) is 0 Å². The van der Waals surface area contributed by atoms with Gasteiger partial charge in [-0.1, -0.05) is 32.9 Å². The maximum absolute atomic E-state index is 13.0. The van der Waals surface area contributed by atoms with E-state index in [1.165, 1.54) is 4.31 Å². The van der Waals surface area contributed by atoms with E-state index in [1.54, 1.807) is 17.0 Å². The molecule has 0 saturated carbocycles. The minimum Gasteiger partial charge on any atom is -0.339 e. The van der Waals surface area contributed by atoms with Gasteiger partial charge in [-0.05, 0) is 30.2 Å². The Morgan fingerprint density at radius 2 is 1.45 bits per heavy atom. The van der Waals surface area contributed by atoms with Crippen LogP contribution < -0.4 is 0 Å². The van der Waals surface area contributed by atoms with Crippen molar-refractivity contribution >= 4 is 15.9 Å². The predicted molar refractivity (Wildman–Crippen MR) is 114 cm³/mol. The molecule has 0 radical (unpaired) electrons. The molecule has 0 aromatic heterocycles. The molecule has 0 atom stereocenters. The van der Waals surface area contributed by atoms with Gasteiger partial charge in [0.2, 0.25) is 15.9 Å². The summed E-state index contributed by atoms with van der Waals surface area (Å²) in [7, 11) is -1.43. The maximum Gasteiger partial charge on any atom is 0.243 e. The Hall–Kier alpha value is -1.48. The second-order valence-corrected chi connectivity index (χ2v) is 11.1. The lowest BCUT2D eigenvalue weighted by Crippen LogP contribution is -2.54. The molecular formula is C21H34N4O3S. The normalized spacial score (nSPS) is 20.8. The number of nitrogens with zero attached hydrogens (tertiary/aromatic N) is 4. The van der Waals surface area contributed by atoms with Gasteiger partial charge >= 0.3 is 0 Å². The smallest absolute Gasteiger partial charge is 0.243 e. The van der Waals surface area contributed by atoms with E-state index in [9.17, 15) is 13.2 Å². The van der Waals surface area contributed by atoms with Crippen molar-refractivity contribution in [3.63, 3.8) is 0 Å². The fourth-order valence-corrected chi connectivity index (χ4v) is 5.17. The van der Waals surface area contributed by atoms with Gasteiger partial charge in [0.05, 0.1) is 11.4 Å². The fourth-order valence-electron chi connectivity index (χ4n) is 3.75. The van der Waals surface area contributed by atoms with Crippen molar-refractivity contribution in [1.29, 1.82) is 0 Å². The maximum atomic E-state index is 13.0. The van der Waals surface area contributed by atoms with Gasteiger partial charge in [0.1, 0.15) is 0 Å². The molecule has 0 aliphatic carbocycles. The zero-order valence-corrected chi connectivity index (χ0v) is 18.9. The third-order valence-corrected chi connectivity index (χ3v) is 7.82. The van der Waals surface area contributed by atoms with Crippen LogP contribution >= 0.6 is 0 Å². The molecule has 2 aliphatic heterocycles. The molecule has 1 aromatic carbocycles. The SMILES string of the molecule is CN1CCN(CC(=O)N2CCN(S(=O)(=O)c3ccc(C(C)(C)C)cc3)CC2)CC1. The topological polar surface area (TPSA) is 64.2 Å². The van der Waals surface area contributed by atoms with Gasteiger partial charge in [-0.2, -0.15) is 4.31 Å². The van der Waals surface area contributed by atoms with E-state index >= 15 is 0 Å². The van der Waals surface area contributed by atoms with E-state index in [0.717, 1.165) is 31.7 Å². The molecule has 0 bridgehead atoms. The van der Waals surface area contributed by atoms with Crippen molar-refractivity contribution in [2.45, 2.75) is 31.1 Å². The Bertz CT molecular complexity index is 801. The summed E-state index contributed by atoms with van der Waals surface area (Å²) in [5, 5.41) is 0. The number of hydrogen-bond donors (Lipinski definition) is 0. The van der Waals surface area contributed by atoms with Crippen LogP contribution in [0.3, 0.4) is 0 Å². The van der Waals surface area contributed by atoms with Crippen LogP contribution in [-0.2, 0) is 20.2 Å². The van der Waals surface area contributed by atoms with E-state index in [1.807, 2.05) is 12.1 Å². The highest BCUT2D eigenvalue weighted by Crippen LogP contribution is 2.25. The third kappa shape index (κ3) is 5.36. The van der Waals surface area contributed by atoms with Gasteiger partial charge < -0.3 is 9.80 Å². The van der Waals surface area contributed by atoms with Crippen LogP contribution in [0.2, 0.25) is 0 Å². The Kier molecular flexibility index (Phi) is 6.67. The summed E-state index contributed by atoms with van der Waals surface area (Å²) in [6.45, 7) is 12.1. The molecule has 0 spiro atoms. The predicted octanol–water partition coefficient (Wildman–Crippen LogP) is 1.06. The summed E-state index contributed by atoms with van der Waals surface area (Å²) in [6.07, 6.45) is 0. The Morgan fingerprint density at radius 1 is 0.897 bits per heavy atom. The van der Waals surface area contributed by atoms with E-state index in [-0.39, 0.29) is 11.3 Å². The molecule has 2 heterocycles. The van der Waals surface area contributed by atoms with Crippen LogP contribution in [0.5, 0.6) is 0 Å². The van der Waals surface area contributed by atoms with Gasteiger partial charge in [0, 0.05) is 52.4 Å². The summed E-state index contributed by atoms with van der Waals surface area (Å²) in [6, 6.07) is 7.17. The molecule has 162 valence electrons. The Morgan fingerprint density at radius 3 is 1.97 bits per heavy atom. The number of benzene rings is 1. The quantitative estimate of drug-likeness (QED) is 0.726. The first-order valence-corrected chi connectivity index (χ1v) is 11.8. The van der Waals surface area contributed by atoms with Gasteiger partial charge in [-0.25, -0.2) is 8.42 Å². The Balaban J connectivity index is 1.56. The average Bonchev–Trinajstić information content (AvgIpc) is 2.69. The standard InChI is InChI=1S/C21H34N4O3S/c1-21(2,3)18-5-7-19(8-6-18)29(27,28)25-15-13-24(14-16-25)20(26)17-23-11-9-22(4)10-12-23/h5-8H,9-17H2,1-4H3. The highest BCUT2D eigenvalue weighted by atomic mass is 32.2. The van der Waals surface area contributed by atoms with Crippen molar-refractivity contribution in [2.24, 2.45) is 0 Å². The molecule has 8 heteroatoms. The monoisotopic (exact) mass is 422 g/mol. The van der Waals surface area contributed by atoms with E-state index in [2.05, 4.69) is 37.6 Å². The number of carbonyl (C=O) groups is 1. The van der Waals surface area contributed by atoms with E-state index in [0.29, 0.717) is 37.6 Å². The molecule has 7 nitrogen and oxygen atoms in total. The zero-order valence-electron chi connectivity index (χ0n) is 18.1. The summed E-state index contributed by atoms with van der Waals surface area (Å²) in [5.41, 5.74) is 1.09. The van der Waals surface area contributed by atoms with Crippen LogP contribution in [0.4, 0.5) is 0 Å². The van der Waals surface area contributed by atoms with E-state index in [4.69, 9.17) is 0 Å². The minimum absolute atomic E-state index is 0.0158. The highest BCUT2D eigenvalue weighted by molar-refractivity contribution is 7.89. The lowest BCUT2D eigenvalue weighted by Gasteiger charge is -2.37. The third-order valence-electron chi connectivity index (χ3n) is 5.90. The zero-order chi connectivity index (χ0) is 21.2. The minimum atomic E-state index is -3.53. The first-order valence-electron chi connectivity index (χ1n) is 10.4. The van der Waals surface area contributed by atoms with Crippen molar-refractivity contribution < 1.29 is 13.2 Å². The summed E-state index contributed by atoms with van der Waals surface area (Å²) < 4.78 is 27.5. The molecule has 2 saturated heterocycles. The number of amides is 1. The summed E-state index contributed by atoms with van der Waals surface area (Å²) in [5.74, 6) is 0.0983. The molecule has 2 fully saturated rings. The molecule has 3 rings (SSSR count). The number of piperazine rings is 2. The second-order valence-electron chi connectivity index (χ2n) is 9.14. The van der Waals surface area contributed by atoms with Crippen molar-refractivity contribution in [3.05, 3.63) is 29.8 Å². The lowest BCUT2D eigenvalue weighted by atomic mass is 9.87. The largest absolute Gasteiger partial charge is 0.339 e. The van der Waals surface area contributed by atoms with Gasteiger partial charge in [0.25, 0.3) is 0 Å². The van der Waals surface area contributed by atoms with Crippen molar-refractivity contribution in [3.8, 4) is 0 Å². The van der Waals surface area contributed by atoms with Gasteiger partial charge in [-0.3, -0.25) is 9.69 Å². The summed E-state index contributed by atoms with van der Waals surface area (Å²) >= 11 is 0. The summed E-state index contributed by atoms with van der Waals surface area (Å²) in [4.78, 5) is 19.2. The number of likely N-dealkylation sites (N-methyl/N-ethyl adjacent to an activating group) is 1. The average molecular weight is 423 g/mol. The van der Waals surface area contributed by atoms with Crippen LogP contribution in [0.15, 0.2) is 29.2 Å². The lowest BCUT2D eigenvalue weighted by molar-refractivity contribution is -0.134. The number of hydrogen-bond acceptors (Lipinski definition) is 5. The number of rotatable bonds is 4. The van der Waals surface area contributed by atoms with Gasteiger partial charge in [-0.15, -0.1) is 0 Å². The van der Waals surface area contributed by atoms with Crippen LogP contribution in [0.1, 0.15) is 26.3 Å². The van der Waals surface area contributed by atoms with E-state index < -0.39 is 10.0 Å². The number of carbonyl (C=O) groups excluding carboxylic acids is 1. The number of sulfonamides is 1. The van der Waals surface area contributed by atoms with Crippen LogP contribution in [0.25, 0.3) is 0 Å². The molecular weight excluding hydrogens is 388 g/mol. The molecule has 2 aliphatic rings. The van der Waals surface area contributed by atoms with Crippen molar-refractivity contribution in [2.75, 3.05) is 66.0 Å². The second kappa shape index (κ2) is 8.71. The molecule has 29 heavy (non-hydrogen) atoms. The van der Waals surface area contributed by atoms with Gasteiger partial charge in [0.15, 0.2) is 0 Å². The highest BCUT2D eigenvalue weighted by Gasteiger charge is 2.31.